The van der Waals surface area contributed by atoms with E-state index in [0.717, 1.165) is 12.2 Å². The molecule has 0 saturated carbocycles. The molecule has 8 amide bonds. The van der Waals surface area contributed by atoms with Gasteiger partial charge in [-0.05, 0) is 70.8 Å². The van der Waals surface area contributed by atoms with Crippen molar-refractivity contribution in [2.24, 2.45) is 0 Å². The number of phenolic OH excluding ortho intramolecular Hbond substituents is 2. The van der Waals surface area contributed by atoms with Gasteiger partial charge < -0.3 is 10.2 Å². The largest absolute Gasteiger partial charge is 0.506 e. The topological polar surface area (TPSA) is 190 Å². The summed E-state index contributed by atoms with van der Waals surface area (Å²) in [5.41, 5.74) is -23.8. The van der Waals surface area contributed by atoms with Gasteiger partial charge in [-0.3, -0.25) is 48.2 Å². The van der Waals surface area contributed by atoms with E-state index in [1.165, 1.54) is 0 Å². The second kappa shape index (κ2) is 15.1. The van der Waals surface area contributed by atoms with E-state index in [1.54, 1.807) is 0 Å². The molecule has 4 aliphatic heterocycles. The lowest BCUT2D eigenvalue weighted by molar-refractivity contribution is -0.290. The Kier molecular flexibility index (Phi) is 10.3. The molecule has 4 heterocycles. The lowest BCUT2D eigenvalue weighted by atomic mass is 9.71. The number of amides is 8. The van der Waals surface area contributed by atoms with Gasteiger partial charge in [0.1, 0.15) is 18.2 Å². The zero-order valence-corrected chi connectivity index (χ0v) is 33.4. The van der Waals surface area contributed by atoms with Gasteiger partial charge in [-0.25, -0.2) is 9.80 Å². The first kappa shape index (κ1) is 47.2. The highest BCUT2D eigenvalue weighted by molar-refractivity contribution is 6.35. The number of anilines is 2. The minimum absolute atomic E-state index is 0.0184. The Morgan fingerprint density at radius 1 is 0.362 bits per heavy atom. The lowest BCUT2D eigenvalue weighted by Crippen LogP contribution is -2.55. The lowest BCUT2D eigenvalue weighted by Gasteiger charge is -2.38. The van der Waals surface area contributed by atoms with Crippen LogP contribution in [-0.2, 0) is 30.0 Å². The van der Waals surface area contributed by atoms with Crippen LogP contribution >= 0.6 is 0 Å². The highest BCUT2D eigenvalue weighted by atomic mass is 19.4. The maximum absolute atomic E-state index is 15.3. The van der Waals surface area contributed by atoms with Gasteiger partial charge in [-0.15, -0.1) is 0 Å². The van der Waals surface area contributed by atoms with Crippen molar-refractivity contribution in [2.75, 3.05) is 16.5 Å². The molecule has 69 heavy (non-hydrogen) atoms. The molecule has 0 aliphatic carbocycles. The number of aromatic hydroxyl groups is 2. The number of phenols is 2. The average molecular weight is 981 g/mol. The zero-order valence-electron chi connectivity index (χ0n) is 33.4. The molecule has 4 aromatic rings. The number of alkyl halides is 12. The number of rotatable bonds is 8. The highest BCUT2D eigenvalue weighted by Gasteiger charge is 2.74. The van der Waals surface area contributed by atoms with E-state index in [0.29, 0.717) is 35.3 Å². The molecule has 2 N–H and O–H groups in total. The summed E-state index contributed by atoms with van der Waals surface area (Å²) in [5.74, 6) is -13.8. The maximum Gasteiger partial charge on any atom is 0.411 e. The fourth-order valence-corrected chi connectivity index (χ4v) is 8.55. The van der Waals surface area contributed by atoms with Crippen molar-refractivity contribution in [3.05, 3.63) is 142 Å². The molecule has 8 rings (SSSR count). The summed E-state index contributed by atoms with van der Waals surface area (Å²) in [5, 5.41) is 21.5. The predicted octanol–water partition coefficient (Wildman–Crippen LogP) is 6.63. The van der Waals surface area contributed by atoms with Crippen LogP contribution in [0.3, 0.4) is 0 Å². The Balaban J connectivity index is 1.19. The zero-order chi connectivity index (χ0) is 50.9. The van der Waals surface area contributed by atoms with Crippen LogP contribution in [-0.4, -0.2) is 98.6 Å². The Hall–Kier alpha value is -8.32. The first-order valence-corrected chi connectivity index (χ1v) is 19.0. The van der Waals surface area contributed by atoms with E-state index < -0.39 is 157 Å². The molecule has 0 fully saturated rings. The Morgan fingerprint density at radius 2 is 0.681 bits per heavy atom. The van der Waals surface area contributed by atoms with E-state index >= 15 is 52.7 Å². The van der Waals surface area contributed by atoms with E-state index in [-0.39, 0.29) is 69.3 Å². The quantitative estimate of drug-likeness (QED) is 0.143. The second-order valence-electron chi connectivity index (χ2n) is 15.3. The number of carbonyl (C=O) groups excluding carboxylic acids is 8. The molecular formula is C43H20F12N4O10. The normalized spacial score (nSPS) is 16.9. The van der Waals surface area contributed by atoms with Crippen molar-refractivity contribution in [3.63, 3.8) is 0 Å². The third-order valence-corrected chi connectivity index (χ3v) is 11.7. The first-order chi connectivity index (χ1) is 31.9. The number of hydrogen-bond donors (Lipinski definition) is 2. The van der Waals surface area contributed by atoms with Gasteiger partial charge in [-0.1, -0.05) is 24.3 Å². The monoisotopic (exact) mass is 980 g/mol. The predicted molar refractivity (Wildman–Crippen MR) is 204 cm³/mol. The van der Waals surface area contributed by atoms with Gasteiger partial charge in [-0.2, -0.15) is 52.7 Å². The number of nitrogens with zero attached hydrogens (tertiary/aromatic N) is 4. The summed E-state index contributed by atoms with van der Waals surface area (Å²) in [4.78, 5) is 103. The summed E-state index contributed by atoms with van der Waals surface area (Å²) >= 11 is 0. The van der Waals surface area contributed by atoms with Crippen molar-refractivity contribution >= 4 is 58.6 Å². The molecule has 0 bridgehead atoms. The Bertz CT molecular complexity index is 3050. The van der Waals surface area contributed by atoms with Crippen molar-refractivity contribution in [2.45, 2.75) is 35.5 Å². The van der Waals surface area contributed by atoms with Crippen LogP contribution in [0, 0.1) is 0 Å². The van der Waals surface area contributed by atoms with Crippen LogP contribution in [0.1, 0.15) is 63.7 Å². The average Bonchev–Trinajstić information content (AvgIpc) is 3.89. The van der Waals surface area contributed by atoms with Gasteiger partial charge in [0, 0.05) is 24.3 Å². The molecular weight excluding hydrogens is 960 g/mol. The van der Waals surface area contributed by atoms with E-state index in [9.17, 15) is 48.6 Å². The number of carbonyl (C=O) groups is 8. The minimum atomic E-state index is -6.46. The molecule has 356 valence electrons. The van der Waals surface area contributed by atoms with E-state index in [4.69, 9.17) is 0 Å². The van der Waals surface area contributed by atoms with Gasteiger partial charge in [0.15, 0.2) is 0 Å². The number of imide groups is 4. The summed E-state index contributed by atoms with van der Waals surface area (Å²) in [6.45, 7) is -1.08. The molecule has 0 atom stereocenters. The molecule has 4 aromatic carbocycles. The molecule has 14 nitrogen and oxygen atoms in total. The first-order valence-electron chi connectivity index (χ1n) is 19.0. The molecule has 0 unspecified atom stereocenters. The van der Waals surface area contributed by atoms with Crippen LogP contribution in [0.25, 0.3) is 0 Å². The van der Waals surface area contributed by atoms with Crippen molar-refractivity contribution in [1.82, 2.24) is 9.80 Å². The summed E-state index contributed by atoms with van der Waals surface area (Å²) < 4.78 is 182. The molecule has 0 aromatic heterocycles. The third-order valence-electron chi connectivity index (χ3n) is 11.7. The van der Waals surface area contributed by atoms with E-state index in [1.807, 2.05) is 0 Å². The number of halogens is 12. The van der Waals surface area contributed by atoms with Gasteiger partial charge in [0.05, 0.1) is 33.6 Å². The Labute approximate surface area is 374 Å². The van der Waals surface area contributed by atoms with Crippen molar-refractivity contribution in [1.29, 1.82) is 0 Å². The third kappa shape index (κ3) is 6.58. The van der Waals surface area contributed by atoms with Gasteiger partial charge in [0.25, 0.3) is 47.3 Å². The molecule has 0 saturated heterocycles. The highest BCUT2D eigenvalue weighted by Crippen LogP contribution is 2.59. The van der Waals surface area contributed by atoms with Gasteiger partial charge in [0.2, 0.25) is 10.8 Å². The summed E-state index contributed by atoms with van der Waals surface area (Å²) in [6.07, 6.45) is -22.9. The molecule has 0 spiro atoms. The summed E-state index contributed by atoms with van der Waals surface area (Å²) in [6, 6.07) is 1.50. The van der Waals surface area contributed by atoms with Gasteiger partial charge >= 0.3 is 24.7 Å². The van der Waals surface area contributed by atoms with Crippen LogP contribution in [0.4, 0.5) is 64.1 Å². The maximum atomic E-state index is 15.3. The number of benzene rings is 4. The fourth-order valence-electron chi connectivity index (χ4n) is 8.55. The molecule has 0 radical (unpaired) electrons. The second-order valence-corrected chi connectivity index (χ2v) is 15.3. The van der Waals surface area contributed by atoms with Crippen LogP contribution < -0.4 is 9.80 Å². The smallest absolute Gasteiger partial charge is 0.411 e. The SMILES string of the molecule is O=C1C=CC(=O)N1CN1C(=O)c2ccc(C(c3ccc4c(c3)C(=O)N(c3ccc(C(c5ccc(N6C(=O)C=CC6=O)c(O)c5)(C(F)(F)F)C(F)(F)F)cc3O)C4=O)(C(F)(F)F)C(F)(F)F)cc2C1=O. The number of hydrogen-bond acceptors (Lipinski definition) is 10. The molecule has 26 heteroatoms. The van der Waals surface area contributed by atoms with Crippen molar-refractivity contribution < 1.29 is 101 Å². The number of fused-ring (bicyclic) bond motifs is 2. The standard InChI is InChI=1S/C43H20F12N4O10/c44-40(45,46)38(41(47,48)49,18-1-5-22-24(13-18)35(67)57(34(22)66)17-56-30(62)9-10-31(56)63)19-2-6-23-25(14-19)37(69)59(36(23)68)27-8-4-21(16-29(27)61)39(42(50,51)52,43(53,54)55)20-3-7-26(28(60)15-20)58-32(64)11-12-33(58)65/h1-16,60-61H,17H2. The van der Waals surface area contributed by atoms with Crippen LogP contribution in [0.5, 0.6) is 11.5 Å². The van der Waals surface area contributed by atoms with Crippen molar-refractivity contribution in [3.8, 4) is 11.5 Å². The Morgan fingerprint density at radius 3 is 1.09 bits per heavy atom. The van der Waals surface area contributed by atoms with Crippen LogP contribution in [0.2, 0.25) is 0 Å². The fraction of sp³-hybridized carbons (Fsp3) is 0.163. The van der Waals surface area contributed by atoms with E-state index in [2.05, 4.69) is 0 Å². The molecule has 4 aliphatic rings. The summed E-state index contributed by atoms with van der Waals surface area (Å²) in [7, 11) is 0. The minimum Gasteiger partial charge on any atom is -0.506 e. The van der Waals surface area contributed by atoms with Crippen LogP contribution in [0.15, 0.2) is 97.1 Å².